The smallest absolute Gasteiger partial charge is 0.209 e. The van der Waals surface area contributed by atoms with E-state index in [1.807, 2.05) is 54.1 Å². The molecule has 4 rings (SSSR count). The van der Waals surface area contributed by atoms with Crippen LogP contribution in [0.3, 0.4) is 0 Å². The van der Waals surface area contributed by atoms with Crippen molar-refractivity contribution in [3.8, 4) is 6.07 Å². The zero-order valence-electron chi connectivity index (χ0n) is 14.8. The summed E-state index contributed by atoms with van der Waals surface area (Å²) >= 11 is 0. The van der Waals surface area contributed by atoms with E-state index in [0.717, 1.165) is 16.8 Å². The lowest BCUT2D eigenvalue weighted by Gasteiger charge is -2.09. The zero-order valence-corrected chi connectivity index (χ0v) is 14.8. The first-order valence-corrected chi connectivity index (χ1v) is 8.56. The number of ketones is 1. The quantitative estimate of drug-likeness (QED) is 0.522. The van der Waals surface area contributed by atoms with Gasteiger partial charge >= 0.3 is 0 Å². The molecule has 0 radical (unpaired) electrons. The van der Waals surface area contributed by atoms with Crippen LogP contribution in [0.15, 0.2) is 67.0 Å². The summed E-state index contributed by atoms with van der Waals surface area (Å²) in [5, 5.41) is 9.06. The van der Waals surface area contributed by atoms with E-state index < -0.39 is 0 Å². The molecule has 0 aliphatic heterocycles. The summed E-state index contributed by atoms with van der Waals surface area (Å²) in [6.45, 7) is 2.42. The summed E-state index contributed by atoms with van der Waals surface area (Å²) in [5.41, 5.74) is 5.06. The van der Waals surface area contributed by atoms with Crippen molar-refractivity contribution < 1.29 is 4.79 Å². The van der Waals surface area contributed by atoms with Gasteiger partial charge in [-0.3, -0.25) is 9.78 Å². The van der Waals surface area contributed by atoms with Crippen LogP contribution in [0, 0.1) is 18.3 Å². The molecule has 0 fully saturated rings. The maximum absolute atomic E-state index is 12.8. The summed E-state index contributed by atoms with van der Waals surface area (Å²) in [5.74, 6) is -0.0273. The zero-order chi connectivity index (χ0) is 18.8. The molecule has 2 aromatic carbocycles. The summed E-state index contributed by atoms with van der Waals surface area (Å²) in [4.78, 5) is 21.8. The Balaban J connectivity index is 1.65. The molecule has 0 amide bonds. The molecular formula is C22H16N4O. The van der Waals surface area contributed by atoms with Crippen LogP contribution < -0.4 is 0 Å². The first kappa shape index (κ1) is 16.7. The van der Waals surface area contributed by atoms with E-state index >= 15 is 0 Å². The highest BCUT2D eigenvalue weighted by Gasteiger charge is 2.14. The van der Waals surface area contributed by atoms with E-state index in [-0.39, 0.29) is 5.78 Å². The van der Waals surface area contributed by atoms with Crippen LogP contribution in [0.2, 0.25) is 0 Å². The molecule has 0 bridgehead atoms. The van der Waals surface area contributed by atoms with Crippen LogP contribution in [0.25, 0.3) is 11.0 Å². The van der Waals surface area contributed by atoms with Gasteiger partial charge in [-0.25, -0.2) is 4.98 Å². The second kappa shape index (κ2) is 6.85. The Labute approximate surface area is 156 Å². The molecule has 0 aliphatic rings. The molecule has 0 atom stereocenters. The summed E-state index contributed by atoms with van der Waals surface area (Å²) in [6.07, 6.45) is 3.56. The molecule has 130 valence electrons. The largest absolute Gasteiger partial charge is 0.339 e. The monoisotopic (exact) mass is 352 g/mol. The average Bonchev–Trinajstić information content (AvgIpc) is 3.15. The van der Waals surface area contributed by atoms with Crippen molar-refractivity contribution in [3.63, 3.8) is 0 Å². The Morgan fingerprint density at radius 2 is 1.93 bits per heavy atom. The van der Waals surface area contributed by atoms with Gasteiger partial charge in [-0.2, -0.15) is 5.26 Å². The fourth-order valence-electron chi connectivity index (χ4n) is 2.98. The SMILES string of the molecule is Cc1ccc(C(=O)c2cccn2Cc2cnc3ccc(C#N)cc3n2)cc1. The van der Waals surface area contributed by atoms with Gasteiger partial charge in [0, 0.05) is 11.8 Å². The summed E-state index contributed by atoms with van der Waals surface area (Å²) in [6, 6.07) is 18.6. The van der Waals surface area contributed by atoms with Crippen LogP contribution in [-0.4, -0.2) is 20.3 Å². The minimum atomic E-state index is -0.0273. The predicted molar refractivity (Wildman–Crippen MR) is 102 cm³/mol. The normalized spacial score (nSPS) is 10.7. The Morgan fingerprint density at radius 3 is 2.70 bits per heavy atom. The van der Waals surface area contributed by atoms with Gasteiger partial charge in [0.1, 0.15) is 0 Å². The van der Waals surface area contributed by atoms with Crippen LogP contribution in [0.1, 0.15) is 32.9 Å². The van der Waals surface area contributed by atoms with Crippen molar-refractivity contribution in [1.29, 1.82) is 5.26 Å². The van der Waals surface area contributed by atoms with Crippen molar-refractivity contribution >= 4 is 16.8 Å². The predicted octanol–water partition coefficient (Wildman–Crippen LogP) is 3.89. The Morgan fingerprint density at radius 1 is 1.11 bits per heavy atom. The Hall–Kier alpha value is -3.78. The fraction of sp³-hybridized carbons (Fsp3) is 0.0909. The van der Waals surface area contributed by atoms with Crippen LogP contribution >= 0.6 is 0 Å². The number of carbonyl (C=O) groups excluding carboxylic acids is 1. The van der Waals surface area contributed by atoms with Crippen LogP contribution in [-0.2, 0) is 6.54 Å². The number of rotatable bonds is 4. The van der Waals surface area contributed by atoms with Crippen LogP contribution in [0.5, 0.6) is 0 Å². The van der Waals surface area contributed by atoms with Gasteiger partial charge in [-0.05, 0) is 37.3 Å². The number of nitrogens with zero attached hydrogens (tertiary/aromatic N) is 4. The average molecular weight is 352 g/mol. The van der Waals surface area contributed by atoms with Gasteiger partial charge in [0.15, 0.2) is 0 Å². The topological polar surface area (TPSA) is 71.6 Å². The van der Waals surface area contributed by atoms with Gasteiger partial charge in [-0.15, -0.1) is 0 Å². The van der Waals surface area contributed by atoms with Crippen LogP contribution in [0.4, 0.5) is 0 Å². The minimum absolute atomic E-state index is 0.0273. The second-order valence-electron chi connectivity index (χ2n) is 6.39. The van der Waals surface area contributed by atoms with Crippen molar-refractivity contribution in [2.45, 2.75) is 13.5 Å². The van der Waals surface area contributed by atoms with E-state index in [4.69, 9.17) is 5.26 Å². The van der Waals surface area contributed by atoms with Gasteiger partial charge in [0.25, 0.3) is 0 Å². The molecule has 4 aromatic rings. The molecule has 0 saturated heterocycles. The highest BCUT2D eigenvalue weighted by atomic mass is 16.1. The third-order valence-electron chi connectivity index (χ3n) is 4.43. The first-order valence-electron chi connectivity index (χ1n) is 8.56. The number of hydrogen-bond donors (Lipinski definition) is 0. The van der Waals surface area contributed by atoms with Gasteiger partial charge in [0.2, 0.25) is 5.78 Å². The molecule has 2 aromatic heterocycles. The maximum atomic E-state index is 12.8. The molecule has 0 aliphatic carbocycles. The lowest BCUT2D eigenvalue weighted by atomic mass is 10.1. The molecule has 5 heteroatoms. The van der Waals surface area contributed by atoms with Crippen molar-refractivity contribution in [2.75, 3.05) is 0 Å². The summed E-state index contributed by atoms with van der Waals surface area (Å²) < 4.78 is 1.87. The van der Waals surface area contributed by atoms with Crippen molar-refractivity contribution in [1.82, 2.24) is 14.5 Å². The minimum Gasteiger partial charge on any atom is -0.339 e. The number of aryl methyl sites for hydroxylation is 1. The summed E-state index contributed by atoms with van der Waals surface area (Å²) in [7, 11) is 0. The van der Waals surface area contributed by atoms with E-state index in [9.17, 15) is 4.79 Å². The number of carbonyl (C=O) groups is 1. The molecule has 27 heavy (non-hydrogen) atoms. The standard InChI is InChI=1S/C22H16N4O/c1-15-4-7-17(8-5-15)22(27)21-3-2-10-26(21)14-18-13-24-19-9-6-16(12-23)11-20(19)25-18/h2-11,13H,14H2,1H3. The third-order valence-corrected chi connectivity index (χ3v) is 4.43. The molecule has 5 nitrogen and oxygen atoms in total. The lowest BCUT2D eigenvalue weighted by molar-refractivity contribution is 0.103. The number of nitriles is 1. The van der Waals surface area contributed by atoms with E-state index in [1.54, 1.807) is 24.4 Å². The van der Waals surface area contributed by atoms with E-state index in [2.05, 4.69) is 16.0 Å². The molecule has 0 N–H and O–H groups in total. The van der Waals surface area contributed by atoms with Gasteiger partial charge in [0.05, 0.1) is 46.8 Å². The second-order valence-corrected chi connectivity index (χ2v) is 6.39. The Bertz CT molecular complexity index is 1180. The number of hydrogen-bond acceptors (Lipinski definition) is 4. The van der Waals surface area contributed by atoms with E-state index in [1.165, 1.54) is 0 Å². The third kappa shape index (κ3) is 3.33. The molecule has 0 unspecified atom stereocenters. The highest BCUT2D eigenvalue weighted by molar-refractivity contribution is 6.08. The van der Waals surface area contributed by atoms with Crippen molar-refractivity contribution in [3.05, 3.63) is 95.1 Å². The molecule has 0 spiro atoms. The molecular weight excluding hydrogens is 336 g/mol. The van der Waals surface area contributed by atoms with Gasteiger partial charge < -0.3 is 4.57 Å². The molecule has 0 saturated carbocycles. The van der Waals surface area contributed by atoms with E-state index in [0.29, 0.717) is 28.9 Å². The number of aromatic nitrogens is 3. The Kier molecular flexibility index (Phi) is 4.23. The maximum Gasteiger partial charge on any atom is 0.209 e. The lowest BCUT2D eigenvalue weighted by Crippen LogP contribution is -2.11. The number of fused-ring (bicyclic) bond motifs is 1. The number of benzene rings is 2. The van der Waals surface area contributed by atoms with Crippen molar-refractivity contribution in [2.24, 2.45) is 0 Å². The highest BCUT2D eigenvalue weighted by Crippen LogP contribution is 2.16. The van der Waals surface area contributed by atoms with Gasteiger partial charge in [-0.1, -0.05) is 29.8 Å². The fourth-order valence-corrected chi connectivity index (χ4v) is 2.98. The molecule has 2 heterocycles. The first-order chi connectivity index (χ1) is 13.1.